The van der Waals surface area contributed by atoms with Crippen molar-refractivity contribution in [3.8, 4) is 0 Å². The van der Waals surface area contributed by atoms with Crippen molar-refractivity contribution in [2.75, 3.05) is 5.32 Å². The van der Waals surface area contributed by atoms with Gasteiger partial charge in [0.15, 0.2) is 6.39 Å². The number of amides is 1. The third-order valence-electron chi connectivity index (χ3n) is 2.83. The van der Waals surface area contributed by atoms with Gasteiger partial charge in [-0.15, -0.1) is 0 Å². The van der Waals surface area contributed by atoms with Gasteiger partial charge in [0, 0.05) is 5.69 Å². The summed E-state index contributed by atoms with van der Waals surface area (Å²) in [6.07, 6.45) is 3.93. The highest BCUT2D eigenvalue weighted by atomic mass is 16.3. The number of aryl methyl sites for hydroxylation is 2. The summed E-state index contributed by atoms with van der Waals surface area (Å²) in [4.78, 5) is 15.8. The molecule has 0 radical (unpaired) electrons. The summed E-state index contributed by atoms with van der Waals surface area (Å²) in [6.45, 7) is 4.06. The van der Waals surface area contributed by atoms with Gasteiger partial charge in [0.2, 0.25) is 5.91 Å². The highest BCUT2D eigenvalue weighted by Crippen LogP contribution is 2.21. The first-order chi connectivity index (χ1) is 8.70. The maximum atomic E-state index is 11.9. The summed E-state index contributed by atoms with van der Waals surface area (Å²) in [5.74, 6) is -0.0760. The van der Waals surface area contributed by atoms with Crippen molar-refractivity contribution < 1.29 is 9.21 Å². The average molecular weight is 244 g/mol. The third-order valence-corrected chi connectivity index (χ3v) is 2.83. The molecule has 0 aliphatic carbocycles. The van der Waals surface area contributed by atoms with Crippen LogP contribution in [-0.4, -0.2) is 10.9 Å². The number of para-hydroxylation sites is 1. The van der Waals surface area contributed by atoms with Crippen molar-refractivity contribution in [2.24, 2.45) is 0 Å². The molecule has 18 heavy (non-hydrogen) atoms. The number of nitrogens with zero attached hydrogens (tertiary/aromatic N) is 1. The smallest absolute Gasteiger partial charge is 0.230 e. The van der Waals surface area contributed by atoms with E-state index in [2.05, 4.69) is 17.2 Å². The van der Waals surface area contributed by atoms with Gasteiger partial charge in [-0.3, -0.25) is 4.79 Å². The zero-order chi connectivity index (χ0) is 13.0. The topological polar surface area (TPSA) is 55.1 Å². The van der Waals surface area contributed by atoms with Gasteiger partial charge in [-0.1, -0.05) is 25.1 Å². The number of carbonyl (C=O) groups is 1. The molecule has 0 atom stereocenters. The molecular weight excluding hydrogens is 228 g/mol. The molecule has 0 spiro atoms. The van der Waals surface area contributed by atoms with E-state index in [0.717, 1.165) is 23.2 Å². The number of hydrogen-bond donors (Lipinski definition) is 1. The van der Waals surface area contributed by atoms with Gasteiger partial charge < -0.3 is 9.73 Å². The van der Waals surface area contributed by atoms with Gasteiger partial charge in [0.25, 0.3) is 0 Å². The molecule has 1 aromatic carbocycles. The third kappa shape index (κ3) is 2.77. The number of benzene rings is 1. The Morgan fingerprint density at radius 3 is 2.94 bits per heavy atom. The molecule has 0 saturated heterocycles. The maximum absolute atomic E-state index is 11.9. The van der Waals surface area contributed by atoms with E-state index in [4.69, 9.17) is 4.42 Å². The Labute approximate surface area is 106 Å². The van der Waals surface area contributed by atoms with Gasteiger partial charge in [-0.05, 0) is 24.5 Å². The summed E-state index contributed by atoms with van der Waals surface area (Å²) in [6, 6.07) is 6.02. The summed E-state index contributed by atoms with van der Waals surface area (Å²) in [7, 11) is 0. The van der Waals surface area contributed by atoms with Crippen LogP contribution in [0.4, 0.5) is 5.69 Å². The monoisotopic (exact) mass is 244 g/mol. The Morgan fingerprint density at radius 1 is 1.44 bits per heavy atom. The van der Waals surface area contributed by atoms with E-state index < -0.39 is 0 Å². The number of hydrogen-bond acceptors (Lipinski definition) is 3. The Bertz CT molecular complexity index is 533. The molecule has 94 valence electrons. The normalized spacial score (nSPS) is 10.3. The zero-order valence-electron chi connectivity index (χ0n) is 10.6. The first-order valence-corrected chi connectivity index (χ1v) is 5.96. The van der Waals surface area contributed by atoms with Crippen molar-refractivity contribution in [2.45, 2.75) is 26.7 Å². The predicted molar refractivity (Wildman–Crippen MR) is 69.4 cm³/mol. The molecule has 0 aliphatic rings. The quantitative estimate of drug-likeness (QED) is 0.899. The number of nitrogens with one attached hydrogen (secondary N) is 1. The van der Waals surface area contributed by atoms with Gasteiger partial charge >= 0.3 is 0 Å². The second kappa shape index (κ2) is 5.49. The van der Waals surface area contributed by atoms with Gasteiger partial charge in [0.05, 0.1) is 12.1 Å². The summed E-state index contributed by atoms with van der Waals surface area (Å²) in [5.41, 5.74) is 3.76. The minimum atomic E-state index is -0.0760. The van der Waals surface area contributed by atoms with Crippen LogP contribution in [0.3, 0.4) is 0 Å². The molecule has 1 aromatic heterocycles. The fourth-order valence-electron chi connectivity index (χ4n) is 1.87. The lowest BCUT2D eigenvalue weighted by atomic mass is 10.1. The zero-order valence-corrected chi connectivity index (χ0v) is 10.6. The summed E-state index contributed by atoms with van der Waals surface area (Å²) in [5, 5.41) is 2.95. The fourth-order valence-corrected chi connectivity index (χ4v) is 1.87. The molecule has 0 unspecified atom stereocenters. The molecule has 4 heteroatoms. The second-order valence-electron chi connectivity index (χ2n) is 4.17. The molecule has 0 fully saturated rings. The van der Waals surface area contributed by atoms with Crippen LogP contribution in [0.5, 0.6) is 0 Å². The second-order valence-corrected chi connectivity index (χ2v) is 4.17. The number of aromatic nitrogens is 1. The molecule has 1 amide bonds. The number of anilines is 1. The molecule has 0 aliphatic heterocycles. The van der Waals surface area contributed by atoms with Crippen LogP contribution < -0.4 is 5.32 Å². The Kier molecular flexibility index (Phi) is 3.77. The summed E-state index contributed by atoms with van der Waals surface area (Å²) < 4.78 is 4.84. The maximum Gasteiger partial charge on any atom is 0.230 e. The van der Waals surface area contributed by atoms with E-state index in [-0.39, 0.29) is 12.3 Å². The molecule has 0 saturated carbocycles. The van der Waals surface area contributed by atoms with Crippen LogP contribution in [0, 0.1) is 6.92 Å². The SMILES string of the molecule is CCc1cccc(C)c1NC(=O)Cc1cocn1. The van der Waals surface area contributed by atoms with Crippen LogP contribution in [0.2, 0.25) is 0 Å². The fraction of sp³-hybridized carbons (Fsp3) is 0.286. The van der Waals surface area contributed by atoms with Crippen molar-refractivity contribution in [3.63, 3.8) is 0 Å². The largest absolute Gasteiger partial charge is 0.451 e. The van der Waals surface area contributed by atoms with Gasteiger partial charge in [-0.25, -0.2) is 4.98 Å². The van der Waals surface area contributed by atoms with Crippen LogP contribution in [0.25, 0.3) is 0 Å². The Morgan fingerprint density at radius 2 is 2.28 bits per heavy atom. The van der Waals surface area contributed by atoms with E-state index in [1.165, 1.54) is 12.7 Å². The van der Waals surface area contributed by atoms with Gasteiger partial charge in [0.1, 0.15) is 6.26 Å². The minimum absolute atomic E-state index is 0.0760. The standard InChI is InChI=1S/C14H16N2O2/c1-3-11-6-4-5-10(2)14(11)16-13(17)7-12-8-18-9-15-12/h4-6,8-9H,3,7H2,1-2H3,(H,16,17). The van der Waals surface area contributed by atoms with Gasteiger partial charge in [-0.2, -0.15) is 0 Å². The van der Waals surface area contributed by atoms with Crippen molar-refractivity contribution in [3.05, 3.63) is 47.7 Å². The minimum Gasteiger partial charge on any atom is -0.451 e. The van der Waals surface area contributed by atoms with Crippen LogP contribution in [0.15, 0.2) is 35.3 Å². The molecule has 4 nitrogen and oxygen atoms in total. The van der Waals surface area contributed by atoms with E-state index in [1.807, 2.05) is 25.1 Å². The van der Waals surface area contributed by atoms with E-state index in [9.17, 15) is 4.79 Å². The summed E-state index contributed by atoms with van der Waals surface area (Å²) >= 11 is 0. The molecule has 2 rings (SSSR count). The lowest BCUT2D eigenvalue weighted by Crippen LogP contribution is -2.16. The number of carbonyl (C=O) groups excluding carboxylic acids is 1. The van der Waals surface area contributed by atoms with E-state index in [0.29, 0.717) is 5.69 Å². The van der Waals surface area contributed by atoms with Crippen molar-refractivity contribution in [1.82, 2.24) is 4.98 Å². The Balaban J connectivity index is 2.11. The van der Waals surface area contributed by atoms with Crippen LogP contribution in [-0.2, 0) is 17.6 Å². The molecule has 1 heterocycles. The van der Waals surface area contributed by atoms with Crippen molar-refractivity contribution >= 4 is 11.6 Å². The number of rotatable bonds is 4. The molecule has 2 aromatic rings. The highest BCUT2D eigenvalue weighted by Gasteiger charge is 2.10. The van der Waals surface area contributed by atoms with E-state index in [1.54, 1.807) is 0 Å². The lowest BCUT2D eigenvalue weighted by Gasteiger charge is -2.12. The number of oxazole rings is 1. The van der Waals surface area contributed by atoms with Crippen LogP contribution in [0.1, 0.15) is 23.7 Å². The van der Waals surface area contributed by atoms with Crippen molar-refractivity contribution in [1.29, 1.82) is 0 Å². The highest BCUT2D eigenvalue weighted by molar-refractivity contribution is 5.93. The predicted octanol–water partition coefficient (Wildman–Crippen LogP) is 2.73. The average Bonchev–Trinajstić information content (AvgIpc) is 2.84. The Hall–Kier alpha value is -2.10. The molecular formula is C14H16N2O2. The first-order valence-electron chi connectivity index (χ1n) is 5.96. The van der Waals surface area contributed by atoms with E-state index >= 15 is 0 Å². The molecule has 0 bridgehead atoms. The van der Waals surface area contributed by atoms with Crippen LogP contribution >= 0.6 is 0 Å². The lowest BCUT2D eigenvalue weighted by molar-refractivity contribution is -0.115. The molecule has 1 N–H and O–H groups in total. The first kappa shape index (κ1) is 12.4.